The molecule has 0 spiro atoms. The smallest absolute Gasteiger partial charge is 0.381 e. The molecule has 1 N–H and O–H groups in total. The molecule has 1 rings (SSSR count). The van der Waals surface area contributed by atoms with Crippen molar-refractivity contribution < 1.29 is 14.3 Å². The Morgan fingerprint density at radius 2 is 2.29 bits per heavy atom. The number of amides is 1. The van der Waals surface area contributed by atoms with Gasteiger partial charge in [-0.25, -0.2) is 9.78 Å². The highest BCUT2D eigenvalue weighted by Gasteiger charge is 2.12. The van der Waals surface area contributed by atoms with E-state index in [1.807, 2.05) is 0 Å². The Hall–Kier alpha value is -0.923. The van der Waals surface area contributed by atoms with Crippen LogP contribution in [0.4, 0.5) is 4.79 Å². The SMILES string of the molecule is C[Si](C)(C)CCOCNC(=O)Oc1nccs1. The van der Waals surface area contributed by atoms with Crippen LogP contribution >= 0.6 is 11.3 Å². The number of carbonyl (C=O) groups excluding carboxylic acids is 1. The largest absolute Gasteiger partial charge is 0.416 e. The summed E-state index contributed by atoms with van der Waals surface area (Å²) in [6.45, 7) is 7.68. The molecule has 0 saturated heterocycles. The predicted molar refractivity (Wildman–Crippen MR) is 70.2 cm³/mol. The summed E-state index contributed by atoms with van der Waals surface area (Å²) in [6.07, 6.45) is 1.05. The lowest BCUT2D eigenvalue weighted by molar-refractivity contribution is 0.121. The van der Waals surface area contributed by atoms with Crippen molar-refractivity contribution in [3.8, 4) is 5.19 Å². The van der Waals surface area contributed by atoms with E-state index in [9.17, 15) is 4.79 Å². The van der Waals surface area contributed by atoms with Crippen molar-refractivity contribution in [2.45, 2.75) is 25.7 Å². The number of thiazole rings is 1. The highest BCUT2D eigenvalue weighted by Crippen LogP contribution is 2.13. The lowest BCUT2D eigenvalue weighted by Crippen LogP contribution is -2.30. The number of aromatic nitrogens is 1. The van der Waals surface area contributed by atoms with Gasteiger partial charge in [0.1, 0.15) is 6.73 Å². The molecule has 1 aromatic heterocycles. The number of rotatable bonds is 6. The van der Waals surface area contributed by atoms with Crippen LogP contribution in [0.5, 0.6) is 5.19 Å². The minimum atomic E-state index is -1.06. The molecule has 96 valence electrons. The van der Waals surface area contributed by atoms with E-state index in [1.54, 1.807) is 11.6 Å². The lowest BCUT2D eigenvalue weighted by Gasteiger charge is -2.15. The topological polar surface area (TPSA) is 60.5 Å². The second kappa shape index (κ2) is 6.73. The fourth-order valence-corrected chi connectivity index (χ4v) is 2.18. The third kappa shape index (κ3) is 7.08. The average molecular weight is 274 g/mol. The monoisotopic (exact) mass is 274 g/mol. The number of nitrogens with zero attached hydrogens (tertiary/aromatic N) is 1. The first kappa shape index (κ1) is 14.1. The summed E-state index contributed by atoms with van der Waals surface area (Å²) < 4.78 is 10.2. The molecule has 0 bridgehead atoms. The van der Waals surface area contributed by atoms with E-state index in [0.29, 0.717) is 11.8 Å². The predicted octanol–water partition coefficient (Wildman–Crippen LogP) is 2.54. The molecule has 0 radical (unpaired) electrons. The van der Waals surface area contributed by atoms with Crippen LogP contribution in [0.2, 0.25) is 25.7 Å². The summed E-state index contributed by atoms with van der Waals surface area (Å²) in [4.78, 5) is 15.1. The Morgan fingerprint density at radius 1 is 1.53 bits per heavy atom. The molecule has 1 aromatic rings. The molecule has 5 nitrogen and oxygen atoms in total. The minimum absolute atomic E-state index is 0.175. The second-order valence-electron chi connectivity index (χ2n) is 4.73. The molecule has 0 aliphatic heterocycles. The molecule has 7 heteroatoms. The molecule has 17 heavy (non-hydrogen) atoms. The minimum Gasteiger partial charge on any atom is -0.381 e. The van der Waals surface area contributed by atoms with Crippen LogP contribution in [0.25, 0.3) is 0 Å². The number of hydrogen-bond acceptors (Lipinski definition) is 5. The van der Waals surface area contributed by atoms with Crippen molar-refractivity contribution >= 4 is 25.5 Å². The maximum absolute atomic E-state index is 11.2. The Labute approximate surface area is 106 Å². The fraction of sp³-hybridized carbons (Fsp3) is 0.600. The summed E-state index contributed by atoms with van der Waals surface area (Å²) in [5, 5.41) is 4.59. The Bertz CT molecular complexity index is 338. The van der Waals surface area contributed by atoms with E-state index in [-0.39, 0.29) is 6.73 Å². The summed E-state index contributed by atoms with van der Waals surface area (Å²) in [6, 6.07) is 1.08. The third-order valence-corrected chi connectivity index (χ3v) is 4.26. The van der Waals surface area contributed by atoms with Gasteiger partial charge in [-0.2, -0.15) is 0 Å². The first-order chi connectivity index (χ1) is 7.97. The zero-order valence-electron chi connectivity index (χ0n) is 10.4. The molecular formula is C10H18N2O3SSi. The van der Waals surface area contributed by atoms with Gasteiger partial charge in [0.2, 0.25) is 0 Å². The standard InChI is InChI=1S/C10H18N2O3SSi/c1-17(2,3)7-5-14-8-12-9(13)15-10-11-4-6-16-10/h4,6H,5,7-8H2,1-3H3,(H,12,13). The first-order valence-corrected chi connectivity index (χ1v) is 9.99. The van der Waals surface area contributed by atoms with E-state index >= 15 is 0 Å². The second-order valence-corrected chi connectivity index (χ2v) is 11.2. The van der Waals surface area contributed by atoms with Crippen LogP contribution in [-0.2, 0) is 4.74 Å². The van der Waals surface area contributed by atoms with E-state index in [4.69, 9.17) is 9.47 Å². The zero-order chi connectivity index (χ0) is 12.7. The van der Waals surface area contributed by atoms with Crippen LogP contribution in [-0.4, -0.2) is 32.5 Å². The Balaban J connectivity index is 2.05. The van der Waals surface area contributed by atoms with Crippen molar-refractivity contribution in [2.24, 2.45) is 0 Å². The van der Waals surface area contributed by atoms with Gasteiger partial charge < -0.3 is 9.47 Å². The normalized spacial score (nSPS) is 11.2. The van der Waals surface area contributed by atoms with Gasteiger partial charge in [-0.15, -0.1) is 0 Å². The van der Waals surface area contributed by atoms with Gasteiger partial charge in [0.05, 0.1) is 0 Å². The van der Waals surface area contributed by atoms with E-state index in [2.05, 4.69) is 29.9 Å². The van der Waals surface area contributed by atoms with E-state index in [1.165, 1.54) is 11.3 Å². The van der Waals surface area contributed by atoms with Crippen molar-refractivity contribution in [3.05, 3.63) is 11.6 Å². The lowest BCUT2D eigenvalue weighted by atomic mass is 10.8. The number of carbonyl (C=O) groups is 1. The molecule has 0 unspecified atom stereocenters. The average Bonchev–Trinajstić information content (AvgIpc) is 2.68. The Kier molecular flexibility index (Phi) is 5.59. The summed E-state index contributed by atoms with van der Waals surface area (Å²) in [5.41, 5.74) is 0. The van der Waals surface area contributed by atoms with Gasteiger partial charge in [-0.1, -0.05) is 31.0 Å². The zero-order valence-corrected chi connectivity index (χ0v) is 12.2. The van der Waals surface area contributed by atoms with Crippen LogP contribution in [0.1, 0.15) is 0 Å². The maximum Gasteiger partial charge on any atom is 0.416 e. The van der Waals surface area contributed by atoms with Gasteiger partial charge >= 0.3 is 6.09 Å². The van der Waals surface area contributed by atoms with E-state index in [0.717, 1.165) is 6.04 Å². The number of nitrogens with one attached hydrogen (secondary N) is 1. The van der Waals surface area contributed by atoms with Crippen molar-refractivity contribution in [1.82, 2.24) is 10.3 Å². The summed E-state index contributed by atoms with van der Waals surface area (Å²) >= 11 is 1.27. The summed E-state index contributed by atoms with van der Waals surface area (Å²) in [5.74, 6) is 0. The van der Waals surface area contributed by atoms with Gasteiger partial charge in [0, 0.05) is 26.3 Å². The molecule has 0 fully saturated rings. The highest BCUT2D eigenvalue weighted by atomic mass is 32.1. The molecule has 1 heterocycles. The number of hydrogen-bond donors (Lipinski definition) is 1. The third-order valence-electron chi connectivity index (χ3n) is 1.90. The highest BCUT2D eigenvalue weighted by molar-refractivity contribution is 7.11. The van der Waals surface area contributed by atoms with Crippen molar-refractivity contribution in [1.29, 1.82) is 0 Å². The van der Waals surface area contributed by atoms with Crippen molar-refractivity contribution in [3.63, 3.8) is 0 Å². The van der Waals surface area contributed by atoms with Gasteiger partial charge in [0.25, 0.3) is 5.19 Å². The maximum atomic E-state index is 11.2. The van der Waals surface area contributed by atoms with Gasteiger partial charge in [-0.05, 0) is 6.04 Å². The van der Waals surface area contributed by atoms with Crippen LogP contribution in [0.3, 0.4) is 0 Å². The quantitative estimate of drug-likeness (QED) is 0.492. The molecular weight excluding hydrogens is 256 g/mol. The molecule has 0 aliphatic carbocycles. The molecule has 1 amide bonds. The summed E-state index contributed by atoms with van der Waals surface area (Å²) in [7, 11) is -1.06. The number of ether oxygens (including phenoxy) is 2. The van der Waals surface area contributed by atoms with Crippen LogP contribution < -0.4 is 10.1 Å². The molecule has 0 atom stereocenters. The molecule has 0 aliphatic rings. The van der Waals surface area contributed by atoms with Crippen LogP contribution in [0, 0.1) is 0 Å². The van der Waals surface area contributed by atoms with Crippen LogP contribution in [0.15, 0.2) is 11.6 Å². The van der Waals surface area contributed by atoms with Crippen molar-refractivity contribution in [2.75, 3.05) is 13.3 Å². The molecule has 0 aromatic carbocycles. The fourth-order valence-electron chi connectivity index (χ4n) is 0.937. The van der Waals surface area contributed by atoms with Gasteiger partial charge in [0.15, 0.2) is 0 Å². The Morgan fingerprint density at radius 3 is 2.88 bits per heavy atom. The molecule has 0 saturated carbocycles. The van der Waals surface area contributed by atoms with E-state index < -0.39 is 14.2 Å². The first-order valence-electron chi connectivity index (χ1n) is 5.40. The van der Waals surface area contributed by atoms with Gasteiger partial charge in [-0.3, -0.25) is 5.32 Å².